The van der Waals surface area contributed by atoms with E-state index in [9.17, 15) is 14.4 Å². The number of carbonyl (C=O) groups is 3. The Kier molecular flexibility index (Phi) is 4.57. The number of primary amides is 1. The lowest BCUT2D eigenvalue weighted by molar-refractivity contribution is -0.140. The summed E-state index contributed by atoms with van der Waals surface area (Å²) in [6.07, 6.45) is 1.17. The van der Waals surface area contributed by atoms with Gasteiger partial charge in [-0.25, -0.2) is 4.79 Å². The number of nitrogens with two attached hydrogens (primary N) is 1. The molecule has 0 bridgehead atoms. The normalized spacial score (nSPS) is 11.9. The zero-order chi connectivity index (χ0) is 14.6. The Bertz CT molecular complexity index is 496. The molecule has 1 heterocycles. The van der Waals surface area contributed by atoms with Gasteiger partial charge in [-0.15, -0.1) is 0 Å². The standard InChI is InChI=1S/C12H15N3O4/c1-6(2)9(12(18)19)15-11(17)8-4-3-7(5-14-8)10(13)16/h3-6,9H,1-2H3,(H2,13,16)(H,15,17)(H,18,19)/t9-/m1/s1. The zero-order valence-electron chi connectivity index (χ0n) is 10.6. The highest BCUT2D eigenvalue weighted by atomic mass is 16.4. The van der Waals surface area contributed by atoms with Crippen molar-refractivity contribution in [3.63, 3.8) is 0 Å². The number of carbonyl (C=O) groups excluding carboxylic acids is 2. The first-order valence-electron chi connectivity index (χ1n) is 5.62. The van der Waals surface area contributed by atoms with E-state index in [2.05, 4.69) is 10.3 Å². The van der Waals surface area contributed by atoms with Crippen LogP contribution in [-0.4, -0.2) is 33.9 Å². The topological polar surface area (TPSA) is 122 Å². The summed E-state index contributed by atoms with van der Waals surface area (Å²) in [6, 6.07) is 1.68. The molecular formula is C12H15N3O4. The molecule has 0 saturated carbocycles. The highest BCUT2D eigenvalue weighted by molar-refractivity contribution is 5.96. The average Bonchev–Trinajstić information content (AvgIpc) is 2.34. The molecule has 102 valence electrons. The van der Waals surface area contributed by atoms with Crippen molar-refractivity contribution in [3.05, 3.63) is 29.6 Å². The molecule has 0 saturated heterocycles. The molecule has 1 rings (SSSR count). The van der Waals surface area contributed by atoms with Gasteiger partial charge in [-0.3, -0.25) is 14.6 Å². The molecule has 7 heteroatoms. The third-order valence-electron chi connectivity index (χ3n) is 2.50. The molecule has 0 fully saturated rings. The predicted molar refractivity (Wildman–Crippen MR) is 66.5 cm³/mol. The highest BCUT2D eigenvalue weighted by Crippen LogP contribution is 2.05. The van der Waals surface area contributed by atoms with Crippen LogP contribution < -0.4 is 11.1 Å². The van der Waals surface area contributed by atoms with E-state index in [0.717, 1.165) is 0 Å². The summed E-state index contributed by atoms with van der Waals surface area (Å²) in [7, 11) is 0. The van der Waals surface area contributed by atoms with Crippen LogP contribution >= 0.6 is 0 Å². The maximum atomic E-state index is 11.8. The number of aromatic nitrogens is 1. The largest absolute Gasteiger partial charge is 0.480 e. The molecule has 2 amide bonds. The average molecular weight is 265 g/mol. The van der Waals surface area contributed by atoms with Gasteiger partial charge in [-0.05, 0) is 18.1 Å². The van der Waals surface area contributed by atoms with Crippen LogP contribution in [0.5, 0.6) is 0 Å². The first kappa shape index (κ1) is 14.6. The Hall–Kier alpha value is -2.44. The van der Waals surface area contributed by atoms with Gasteiger partial charge in [-0.2, -0.15) is 0 Å². The minimum absolute atomic E-state index is 0.0249. The smallest absolute Gasteiger partial charge is 0.326 e. The van der Waals surface area contributed by atoms with E-state index < -0.39 is 23.8 Å². The number of nitrogens with one attached hydrogen (secondary N) is 1. The summed E-state index contributed by atoms with van der Waals surface area (Å²) >= 11 is 0. The molecule has 1 aromatic heterocycles. The van der Waals surface area contributed by atoms with Crippen LogP contribution in [0.2, 0.25) is 0 Å². The van der Waals surface area contributed by atoms with Crippen molar-refractivity contribution < 1.29 is 19.5 Å². The number of carboxylic acids is 1. The van der Waals surface area contributed by atoms with E-state index in [1.54, 1.807) is 13.8 Å². The number of pyridine rings is 1. The van der Waals surface area contributed by atoms with Crippen molar-refractivity contribution in [2.24, 2.45) is 11.7 Å². The highest BCUT2D eigenvalue weighted by Gasteiger charge is 2.24. The summed E-state index contributed by atoms with van der Waals surface area (Å²) in [4.78, 5) is 37.4. The van der Waals surface area contributed by atoms with Crippen molar-refractivity contribution in [2.75, 3.05) is 0 Å². The molecule has 1 aromatic rings. The lowest BCUT2D eigenvalue weighted by Crippen LogP contribution is -2.44. The monoisotopic (exact) mass is 265 g/mol. The van der Waals surface area contributed by atoms with Crippen LogP contribution in [0.4, 0.5) is 0 Å². The van der Waals surface area contributed by atoms with E-state index >= 15 is 0 Å². The Balaban J connectivity index is 2.83. The van der Waals surface area contributed by atoms with Crippen molar-refractivity contribution in [2.45, 2.75) is 19.9 Å². The molecule has 0 radical (unpaired) electrons. The van der Waals surface area contributed by atoms with Crippen molar-refractivity contribution in [3.8, 4) is 0 Å². The number of rotatable bonds is 5. The van der Waals surface area contributed by atoms with E-state index in [0.29, 0.717) is 0 Å². The van der Waals surface area contributed by atoms with E-state index in [1.165, 1.54) is 18.3 Å². The quantitative estimate of drug-likeness (QED) is 0.692. The fourth-order valence-corrected chi connectivity index (χ4v) is 1.40. The van der Waals surface area contributed by atoms with Gasteiger partial charge in [0.1, 0.15) is 11.7 Å². The fraction of sp³-hybridized carbons (Fsp3) is 0.333. The molecular weight excluding hydrogens is 250 g/mol. The Morgan fingerprint density at radius 2 is 1.95 bits per heavy atom. The molecule has 7 nitrogen and oxygen atoms in total. The number of carboxylic acid groups (broad SMARTS) is 1. The van der Waals surface area contributed by atoms with Gasteiger partial charge in [0, 0.05) is 6.20 Å². The summed E-state index contributed by atoms with van der Waals surface area (Å²) in [5.74, 6) is -2.63. The Morgan fingerprint density at radius 3 is 2.32 bits per heavy atom. The lowest BCUT2D eigenvalue weighted by Gasteiger charge is -2.17. The molecule has 1 atom stereocenters. The van der Waals surface area contributed by atoms with E-state index in [1.807, 2.05) is 0 Å². The number of aliphatic carboxylic acids is 1. The minimum Gasteiger partial charge on any atom is -0.480 e. The SMILES string of the molecule is CC(C)[C@@H](NC(=O)c1ccc(C(N)=O)cn1)C(=O)O. The lowest BCUT2D eigenvalue weighted by atomic mass is 10.0. The second kappa shape index (κ2) is 5.94. The van der Waals surface area contributed by atoms with Crippen LogP contribution in [0, 0.1) is 5.92 Å². The van der Waals surface area contributed by atoms with E-state index in [-0.39, 0.29) is 17.2 Å². The number of hydrogen-bond donors (Lipinski definition) is 3. The van der Waals surface area contributed by atoms with Crippen LogP contribution in [0.1, 0.15) is 34.7 Å². The number of amides is 2. The van der Waals surface area contributed by atoms with Crippen molar-refractivity contribution in [1.29, 1.82) is 0 Å². The van der Waals surface area contributed by atoms with Crippen LogP contribution in [0.25, 0.3) is 0 Å². The number of hydrogen-bond acceptors (Lipinski definition) is 4. The maximum absolute atomic E-state index is 11.8. The third kappa shape index (κ3) is 3.77. The summed E-state index contributed by atoms with van der Waals surface area (Å²) in [6.45, 7) is 3.37. The molecule has 0 unspecified atom stereocenters. The molecule has 19 heavy (non-hydrogen) atoms. The van der Waals surface area contributed by atoms with Crippen LogP contribution in [0.15, 0.2) is 18.3 Å². The van der Waals surface area contributed by atoms with Gasteiger partial charge in [-0.1, -0.05) is 13.8 Å². The van der Waals surface area contributed by atoms with Gasteiger partial charge in [0.15, 0.2) is 0 Å². The van der Waals surface area contributed by atoms with Gasteiger partial charge in [0.05, 0.1) is 5.56 Å². The van der Waals surface area contributed by atoms with Crippen molar-refractivity contribution >= 4 is 17.8 Å². The predicted octanol–water partition coefficient (Wildman–Crippen LogP) is 0.0195. The third-order valence-corrected chi connectivity index (χ3v) is 2.50. The molecule has 0 aliphatic heterocycles. The molecule has 0 aliphatic rings. The minimum atomic E-state index is -1.11. The van der Waals surface area contributed by atoms with Gasteiger partial charge in [0.25, 0.3) is 5.91 Å². The first-order valence-corrected chi connectivity index (χ1v) is 5.62. The van der Waals surface area contributed by atoms with E-state index in [4.69, 9.17) is 10.8 Å². The molecule has 0 aromatic carbocycles. The second-order valence-electron chi connectivity index (χ2n) is 4.33. The van der Waals surface area contributed by atoms with Crippen LogP contribution in [0.3, 0.4) is 0 Å². The van der Waals surface area contributed by atoms with Gasteiger partial charge >= 0.3 is 5.97 Å². The van der Waals surface area contributed by atoms with Crippen LogP contribution in [-0.2, 0) is 4.79 Å². The zero-order valence-corrected chi connectivity index (χ0v) is 10.6. The van der Waals surface area contributed by atoms with Crippen molar-refractivity contribution in [1.82, 2.24) is 10.3 Å². The molecule has 0 spiro atoms. The number of nitrogens with zero attached hydrogens (tertiary/aromatic N) is 1. The summed E-state index contributed by atoms with van der Waals surface area (Å²) < 4.78 is 0. The fourth-order valence-electron chi connectivity index (χ4n) is 1.40. The summed E-state index contributed by atoms with van der Waals surface area (Å²) in [5.41, 5.74) is 5.24. The van der Waals surface area contributed by atoms with Gasteiger partial charge < -0.3 is 16.2 Å². The molecule has 4 N–H and O–H groups in total. The summed E-state index contributed by atoms with van der Waals surface area (Å²) in [5, 5.41) is 11.3. The van der Waals surface area contributed by atoms with Gasteiger partial charge in [0.2, 0.25) is 5.91 Å². The maximum Gasteiger partial charge on any atom is 0.326 e. The first-order chi connectivity index (χ1) is 8.82. The Labute approximate surface area is 109 Å². The Morgan fingerprint density at radius 1 is 1.32 bits per heavy atom. The second-order valence-corrected chi connectivity index (χ2v) is 4.33. The molecule has 0 aliphatic carbocycles.